The Hall–Kier alpha value is -3.47. The summed E-state index contributed by atoms with van der Waals surface area (Å²) in [6.07, 6.45) is -2.28. The van der Waals surface area contributed by atoms with E-state index >= 15 is 0 Å². The second kappa shape index (κ2) is 11.9. The molecule has 4 rings (SSSR count). The quantitative estimate of drug-likeness (QED) is 0.293. The summed E-state index contributed by atoms with van der Waals surface area (Å²) < 4.78 is 59.7. The Morgan fingerprint density at radius 1 is 1.11 bits per heavy atom. The van der Waals surface area contributed by atoms with Gasteiger partial charge in [0.05, 0.1) is 25.3 Å². The van der Waals surface area contributed by atoms with E-state index in [1.54, 1.807) is 20.1 Å². The second-order valence-corrected chi connectivity index (χ2v) is 9.21. The molecule has 0 bridgehead atoms. The van der Waals surface area contributed by atoms with Gasteiger partial charge in [0.1, 0.15) is 17.6 Å². The lowest BCUT2D eigenvalue weighted by Gasteiger charge is -2.29. The molecule has 1 aliphatic carbocycles. The number of rotatable bonds is 9. The monoisotopic (exact) mass is 553 g/mol. The van der Waals surface area contributed by atoms with E-state index in [0.29, 0.717) is 19.4 Å². The average Bonchev–Trinajstić information content (AvgIpc) is 3.27. The zero-order valence-electron chi connectivity index (χ0n) is 20.8. The van der Waals surface area contributed by atoms with Gasteiger partial charge >= 0.3 is 12.3 Å². The van der Waals surface area contributed by atoms with E-state index < -0.39 is 18.1 Å². The first kappa shape index (κ1) is 27.6. The molecular weight excluding hydrogens is 527 g/mol. The normalized spacial score (nSPS) is 17.6. The first-order valence-corrected chi connectivity index (χ1v) is 12.5. The fourth-order valence-corrected chi connectivity index (χ4v) is 4.63. The van der Waals surface area contributed by atoms with E-state index in [1.807, 2.05) is 24.3 Å². The van der Waals surface area contributed by atoms with Crippen molar-refractivity contribution < 1.29 is 36.9 Å². The smallest absolute Gasteiger partial charge is 0.497 e. The van der Waals surface area contributed by atoms with Crippen molar-refractivity contribution in [1.82, 2.24) is 15.0 Å². The largest absolute Gasteiger partial charge is 0.573 e. The summed E-state index contributed by atoms with van der Waals surface area (Å²) in [5.74, 6) is 0.00665. The van der Waals surface area contributed by atoms with Gasteiger partial charge in [0.15, 0.2) is 0 Å². The lowest BCUT2D eigenvalue weighted by atomic mass is 9.82. The average molecular weight is 554 g/mol. The maximum Gasteiger partial charge on any atom is 0.573 e. The summed E-state index contributed by atoms with van der Waals surface area (Å²) in [7, 11) is 1.59. The predicted octanol–water partition coefficient (Wildman–Crippen LogP) is 6.17. The fraction of sp³-hybridized carbons (Fsp3) is 0.423. The van der Waals surface area contributed by atoms with Gasteiger partial charge in [0, 0.05) is 0 Å². The molecule has 1 aromatic heterocycles. The Morgan fingerprint density at radius 2 is 1.82 bits per heavy atom. The molecule has 1 heterocycles. The Kier molecular flexibility index (Phi) is 8.65. The van der Waals surface area contributed by atoms with Crippen molar-refractivity contribution in [3.05, 3.63) is 64.3 Å². The number of nitrogens with zero attached hydrogens (tertiary/aromatic N) is 3. The van der Waals surface area contributed by atoms with E-state index in [9.17, 15) is 18.0 Å². The van der Waals surface area contributed by atoms with Crippen molar-refractivity contribution in [2.45, 2.75) is 57.5 Å². The predicted molar refractivity (Wildman–Crippen MR) is 132 cm³/mol. The SMILES string of the molecule is CCOC(=O)c1nnn(Cc2ccc(OC)cc2)c1O[C@H]1CC[C@H](c2ccc(OC(F)(F)F)c(Cl)c2)CC1. The van der Waals surface area contributed by atoms with Crippen LogP contribution in [-0.2, 0) is 11.3 Å². The molecule has 12 heteroatoms. The van der Waals surface area contributed by atoms with Crippen molar-refractivity contribution in [2.24, 2.45) is 0 Å². The second-order valence-electron chi connectivity index (χ2n) is 8.80. The Bertz CT molecular complexity index is 1240. The summed E-state index contributed by atoms with van der Waals surface area (Å²) in [6, 6.07) is 11.8. The molecule has 0 radical (unpaired) electrons. The third-order valence-corrected chi connectivity index (χ3v) is 6.55. The van der Waals surface area contributed by atoms with Gasteiger partial charge in [0.25, 0.3) is 0 Å². The standard InChI is InChI=1S/C26H27ClF3N3O5/c1-3-36-25(34)23-24(33(32-31-23)15-16-4-9-19(35-2)10-5-16)37-20-11-6-17(7-12-20)18-8-13-22(21(27)14-18)38-26(28,29)30/h4-5,8-10,13-14,17,20H,3,6-7,11-12,15H2,1-2H3/t17-,20-. The van der Waals surface area contributed by atoms with Crippen LogP contribution in [0.2, 0.25) is 5.02 Å². The minimum absolute atomic E-state index is 0.00882. The molecule has 0 atom stereocenters. The zero-order valence-corrected chi connectivity index (χ0v) is 21.6. The molecule has 8 nitrogen and oxygen atoms in total. The Balaban J connectivity index is 1.45. The minimum Gasteiger partial charge on any atom is -0.497 e. The molecule has 0 aliphatic heterocycles. The zero-order chi connectivity index (χ0) is 27.3. The van der Waals surface area contributed by atoms with Crippen LogP contribution in [0.25, 0.3) is 0 Å². The van der Waals surface area contributed by atoms with E-state index in [1.165, 1.54) is 16.8 Å². The Morgan fingerprint density at radius 3 is 2.42 bits per heavy atom. The number of carbonyl (C=O) groups is 1. The first-order chi connectivity index (χ1) is 18.2. The highest BCUT2D eigenvalue weighted by Crippen LogP contribution is 2.39. The molecule has 0 N–H and O–H groups in total. The van der Waals surface area contributed by atoms with E-state index in [2.05, 4.69) is 15.0 Å². The molecule has 0 spiro atoms. The van der Waals surface area contributed by atoms with Gasteiger partial charge < -0.3 is 18.9 Å². The van der Waals surface area contributed by atoms with Gasteiger partial charge in [-0.2, -0.15) is 0 Å². The molecule has 0 saturated heterocycles. The summed E-state index contributed by atoms with van der Waals surface area (Å²) in [5, 5.41) is 8.06. The molecule has 3 aromatic rings. The molecule has 2 aromatic carbocycles. The summed E-state index contributed by atoms with van der Waals surface area (Å²) in [6.45, 7) is 2.21. The van der Waals surface area contributed by atoms with Gasteiger partial charge in [-0.1, -0.05) is 35.0 Å². The molecule has 204 valence electrons. The molecule has 0 unspecified atom stereocenters. The van der Waals surface area contributed by atoms with Crippen LogP contribution in [0, 0.1) is 0 Å². The third-order valence-electron chi connectivity index (χ3n) is 6.26. The van der Waals surface area contributed by atoms with Gasteiger partial charge in [-0.05, 0) is 73.9 Å². The molecule has 1 aliphatic rings. The third kappa shape index (κ3) is 6.89. The summed E-state index contributed by atoms with van der Waals surface area (Å²) >= 11 is 6.03. The summed E-state index contributed by atoms with van der Waals surface area (Å²) in [4.78, 5) is 12.5. The van der Waals surface area contributed by atoms with Gasteiger partial charge in [0.2, 0.25) is 11.6 Å². The van der Waals surface area contributed by atoms with E-state index in [-0.39, 0.29) is 35.2 Å². The topological polar surface area (TPSA) is 84.7 Å². The number of hydrogen-bond acceptors (Lipinski definition) is 7. The van der Waals surface area contributed by atoms with Gasteiger partial charge in [-0.25, -0.2) is 9.48 Å². The number of alkyl halides is 3. The highest BCUT2D eigenvalue weighted by Gasteiger charge is 2.33. The van der Waals surface area contributed by atoms with Crippen LogP contribution in [0.1, 0.15) is 60.1 Å². The van der Waals surface area contributed by atoms with E-state index in [4.69, 9.17) is 25.8 Å². The van der Waals surface area contributed by atoms with Crippen molar-refractivity contribution in [3.63, 3.8) is 0 Å². The van der Waals surface area contributed by atoms with Crippen LogP contribution in [0.15, 0.2) is 42.5 Å². The number of ether oxygens (including phenoxy) is 4. The van der Waals surface area contributed by atoms with Gasteiger partial charge in [-0.3, -0.25) is 0 Å². The lowest BCUT2D eigenvalue weighted by molar-refractivity contribution is -0.274. The number of hydrogen-bond donors (Lipinski definition) is 0. The van der Waals surface area contributed by atoms with E-state index in [0.717, 1.165) is 29.7 Å². The first-order valence-electron chi connectivity index (χ1n) is 12.1. The minimum atomic E-state index is -4.81. The number of benzene rings is 2. The van der Waals surface area contributed by atoms with Crippen molar-refractivity contribution in [2.75, 3.05) is 13.7 Å². The summed E-state index contributed by atoms with van der Waals surface area (Å²) in [5.41, 5.74) is 1.76. The molecule has 1 fully saturated rings. The van der Waals surface area contributed by atoms with Crippen molar-refractivity contribution in [3.8, 4) is 17.4 Å². The van der Waals surface area contributed by atoms with Crippen LogP contribution in [0.4, 0.5) is 13.2 Å². The number of esters is 1. The fourth-order valence-electron chi connectivity index (χ4n) is 4.41. The van der Waals surface area contributed by atoms with Crippen LogP contribution >= 0.6 is 11.6 Å². The number of carbonyl (C=O) groups excluding carboxylic acids is 1. The highest BCUT2D eigenvalue weighted by atomic mass is 35.5. The van der Waals surface area contributed by atoms with Crippen LogP contribution in [-0.4, -0.2) is 47.1 Å². The molecule has 0 amide bonds. The molecule has 1 saturated carbocycles. The van der Waals surface area contributed by atoms with Gasteiger partial charge in [-0.15, -0.1) is 18.3 Å². The maximum absolute atomic E-state index is 12.5. The molecular formula is C26H27ClF3N3O5. The van der Waals surface area contributed by atoms with Crippen molar-refractivity contribution in [1.29, 1.82) is 0 Å². The Labute approximate surface area is 222 Å². The highest BCUT2D eigenvalue weighted by molar-refractivity contribution is 6.32. The number of methoxy groups -OCH3 is 1. The number of aromatic nitrogens is 3. The van der Waals surface area contributed by atoms with Crippen LogP contribution in [0.5, 0.6) is 17.4 Å². The van der Waals surface area contributed by atoms with Crippen LogP contribution < -0.4 is 14.2 Å². The number of halogens is 4. The van der Waals surface area contributed by atoms with Crippen molar-refractivity contribution >= 4 is 17.6 Å². The van der Waals surface area contributed by atoms with Crippen LogP contribution in [0.3, 0.4) is 0 Å². The maximum atomic E-state index is 12.5. The molecule has 38 heavy (non-hydrogen) atoms. The lowest BCUT2D eigenvalue weighted by Crippen LogP contribution is -2.25.